The van der Waals surface area contributed by atoms with Crippen molar-refractivity contribution in [1.82, 2.24) is 0 Å². The second-order valence-electron chi connectivity index (χ2n) is 4.00. The van der Waals surface area contributed by atoms with Gasteiger partial charge in [0.05, 0.1) is 0 Å². The van der Waals surface area contributed by atoms with Gasteiger partial charge in [-0.1, -0.05) is 36.4 Å². The minimum Gasteiger partial charge on any atom is -0.478 e. The Morgan fingerprint density at radius 1 is 1.11 bits per heavy atom. The molecule has 3 nitrogen and oxygen atoms in total. The molecule has 0 spiro atoms. The topological polar surface area (TPSA) is 46.5 Å². The summed E-state index contributed by atoms with van der Waals surface area (Å²) in [5.74, 6) is -0.0144. The number of hydrogen-bond donors (Lipinski definition) is 1. The number of carbonyl (C=O) groups is 1. The van der Waals surface area contributed by atoms with Crippen LogP contribution in [0.15, 0.2) is 61.2 Å². The van der Waals surface area contributed by atoms with Crippen molar-refractivity contribution in [3.63, 3.8) is 0 Å². The number of hydrogen-bond acceptors (Lipinski definition) is 2. The number of carboxylic acid groups (broad SMARTS) is 1. The van der Waals surface area contributed by atoms with Gasteiger partial charge in [-0.25, -0.2) is 4.79 Å². The molecule has 0 atom stereocenters. The van der Waals surface area contributed by atoms with Crippen molar-refractivity contribution in [2.75, 3.05) is 0 Å². The summed E-state index contributed by atoms with van der Waals surface area (Å²) in [5, 5.41) is 9.12. The van der Waals surface area contributed by atoms with Gasteiger partial charge in [-0.3, -0.25) is 0 Å². The number of rotatable bonds is 5. The Bertz CT molecular complexity index is 602. The molecule has 0 amide bonds. The fourth-order valence-corrected chi connectivity index (χ4v) is 1.78. The molecule has 0 aliphatic heterocycles. The average molecular weight is 254 g/mol. The van der Waals surface area contributed by atoms with Crippen LogP contribution in [0.2, 0.25) is 0 Å². The molecule has 0 aliphatic rings. The molecular weight excluding hydrogens is 240 g/mol. The van der Waals surface area contributed by atoms with Crippen molar-refractivity contribution in [2.45, 2.75) is 6.42 Å². The summed E-state index contributed by atoms with van der Waals surface area (Å²) < 4.78 is 5.73. The lowest BCUT2D eigenvalue weighted by Gasteiger charge is -2.11. The molecule has 1 N–H and O–H groups in total. The van der Waals surface area contributed by atoms with Gasteiger partial charge in [-0.05, 0) is 30.2 Å². The molecule has 0 saturated heterocycles. The van der Waals surface area contributed by atoms with Crippen molar-refractivity contribution >= 4 is 5.97 Å². The van der Waals surface area contributed by atoms with Gasteiger partial charge in [0.1, 0.15) is 17.1 Å². The van der Waals surface area contributed by atoms with Gasteiger partial charge < -0.3 is 9.84 Å². The van der Waals surface area contributed by atoms with E-state index in [1.807, 2.05) is 24.3 Å². The predicted molar refractivity (Wildman–Crippen MR) is 73.8 cm³/mol. The van der Waals surface area contributed by atoms with Crippen molar-refractivity contribution in [3.05, 3.63) is 72.3 Å². The number of allylic oxidation sites excluding steroid dienone is 1. The summed E-state index contributed by atoms with van der Waals surface area (Å²) in [5.41, 5.74) is 1.12. The maximum Gasteiger partial charge on any atom is 0.339 e. The van der Waals surface area contributed by atoms with E-state index in [1.54, 1.807) is 24.3 Å². The van der Waals surface area contributed by atoms with Crippen molar-refractivity contribution in [3.8, 4) is 11.5 Å². The highest BCUT2D eigenvalue weighted by Crippen LogP contribution is 2.28. The van der Waals surface area contributed by atoms with E-state index in [0.717, 1.165) is 5.56 Å². The first-order chi connectivity index (χ1) is 9.22. The summed E-state index contributed by atoms with van der Waals surface area (Å²) in [7, 11) is 0. The van der Waals surface area contributed by atoms with E-state index in [4.69, 9.17) is 9.84 Å². The zero-order chi connectivity index (χ0) is 13.7. The lowest BCUT2D eigenvalue weighted by Crippen LogP contribution is -2.00. The van der Waals surface area contributed by atoms with E-state index in [-0.39, 0.29) is 5.56 Å². The Balaban J connectivity index is 2.36. The van der Waals surface area contributed by atoms with Crippen LogP contribution in [-0.2, 0) is 6.42 Å². The summed E-state index contributed by atoms with van der Waals surface area (Å²) >= 11 is 0. The molecular formula is C16H14O3. The van der Waals surface area contributed by atoms with Gasteiger partial charge in [-0.2, -0.15) is 0 Å². The Kier molecular flexibility index (Phi) is 3.98. The summed E-state index contributed by atoms with van der Waals surface area (Å²) in [6.45, 7) is 3.70. The lowest BCUT2D eigenvalue weighted by molar-refractivity contribution is 0.0694. The second kappa shape index (κ2) is 5.87. The molecule has 0 aromatic heterocycles. The van der Waals surface area contributed by atoms with Gasteiger partial charge in [0.2, 0.25) is 0 Å². The smallest absolute Gasteiger partial charge is 0.339 e. The van der Waals surface area contributed by atoms with E-state index in [1.165, 1.54) is 6.07 Å². The van der Waals surface area contributed by atoms with E-state index in [9.17, 15) is 4.79 Å². The van der Waals surface area contributed by atoms with Gasteiger partial charge in [0.15, 0.2) is 0 Å². The predicted octanol–water partition coefficient (Wildman–Crippen LogP) is 3.91. The van der Waals surface area contributed by atoms with Crippen molar-refractivity contribution in [2.24, 2.45) is 0 Å². The summed E-state index contributed by atoms with van der Waals surface area (Å²) in [6.07, 6.45) is 2.46. The average Bonchev–Trinajstić information content (AvgIpc) is 2.42. The van der Waals surface area contributed by atoms with Crippen LogP contribution >= 0.6 is 0 Å². The molecule has 0 aliphatic carbocycles. The molecule has 2 aromatic rings. The molecule has 0 bridgehead atoms. The van der Waals surface area contributed by atoms with Gasteiger partial charge in [0, 0.05) is 0 Å². The molecule has 2 aromatic carbocycles. The van der Waals surface area contributed by atoms with Gasteiger partial charge in [-0.15, -0.1) is 6.58 Å². The van der Waals surface area contributed by atoms with Crippen LogP contribution in [0.1, 0.15) is 15.9 Å². The Morgan fingerprint density at radius 2 is 1.74 bits per heavy atom. The monoisotopic (exact) mass is 254 g/mol. The van der Waals surface area contributed by atoms with E-state index in [2.05, 4.69) is 6.58 Å². The molecule has 3 heteroatoms. The molecule has 0 fully saturated rings. The van der Waals surface area contributed by atoms with Gasteiger partial charge >= 0.3 is 5.97 Å². The Hall–Kier alpha value is -2.55. The Morgan fingerprint density at radius 3 is 2.42 bits per heavy atom. The largest absolute Gasteiger partial charge is 0.478 e. The first kappa shape index (κ1) is 12.9. The molecule has 19 heavy (non-hydrogen) atoms. The maximum atomic E-state index is 11.1. The quantitative estimate of drug-likeness (QED) is 0.823. The van der Waals surface area contributed by atoms with E-state index < -0.39 is 5.97 Å². The third kappa shape index (κ3) is 3.01. The molecule has 2 rings (SSSR count). The normalized spacial score (nSPS) is 9.89. The standard InChI is InChI=1S/C16H14O3/c1-2-7-12-8-3-5-10-14(12)19-15-11-6-4-9-13(15)16(17)18/h2-6,8-11H,1,7H2,(H,17,18). The minimum atomic E-state index is -1.00. The fraction of sp³-hybridized carbons (Fsp3) is 0.0625. The third-order valence-corrected chi connectivity index (χ3v) is 2.67. The second-order valence-corrected chi connectivity index (χ2v) is 4.00. The number of para-hydroxylation sites is 2. The van der Waals surface area contributed by atoms with Crippen LogP contribution in [0.25, 0.3) is 0 Å². The minimum absolute atomic E-state index is 0.149. The number of benzene rings is 2. The molecule has 0 unspecified atom stereocenters. The first-order valence-electron chi connectivity index (χ1n) is 5.91. The van der Waals surface area contributed by atoms with E-state index >= 15 is 0 Å². The number of ether oxygens (including phenoxy) is 1. The number of aromatic carboxylic acids is 1. The summed E-state index contributed by atoms with van der Waals surface area (Å²) in [6, 6.07) is 14.1. The van der Waals surface area contributed by atoms with Crippen LogP contribution in [0.5, 0.6) is 11.5 Å². The SMILES string of the molecule is C=CCc1ccccc1Oc1ccccc1C(=O)O. The van der Waals surface area contributed by atoms with E-state index in [0.29, 0.717) is 17.9 Å². The highest BCUT2D eigenvalue weighted by Gasteiger charge is 2.12. The summed E-state index contributed by atoms with van der Waals surface area (Å²) in [4.78, 5) is 11.1. The highest BCUT2D eigenvalue weighted by molar-refractivity contribution is 5.90. The van der Waals surface area contributed by atoms with Crippen molar-refractivity contribution < 1.29 is 14.6 Å². The molecule has 0 saturated carbocycles. The van der Waals surface area contributed by atoms with Crippen LogP contribution in [0.3, 0.4) is 0 Å². The fourth-order valence-electron chi connectivity index (χ4n) is 1.78. The Labute approximate surface area is 111 Å². The lowest BCUT2D eigenvalue weighted by atomic mass is 10.1. The van der Waals surface area contributed by atoms with Crippen molar-refractivity contribution in [1.29, 1.82) is 0 Å². The van der Waals surface area contributed by atoms with Crippen LogP contribution in [0.4, 0.5) is 0 Å². The zero-order valence-corrected chi connectivity index (χ0v) is 10.4. The van der Waals surface area contributed by atoms with Gasteiger partial charge in [0.25, 0.3) is 0 Å². The maximum absolute atomic E-state index is 11.1. The molecule has 0 heterocycles. The third-order valence-electron chi connectivity index (χ3n) is 2.67. The zero-order valence-electron chi connectivity index (χ0n) is 10.4. The van der Waals surface area contributed by atoms with Crippen LogP contribution in [-0.4, -0.2) is 11.1 Å². The van der Waals surface area contributed by atoms with Crippen LogP contribution < -0.4 is 4.74 Å². The molecule has 96 valence electrons. The van der Waals surface area contributed by atoms with Crippen LogP contribution in [0, 0.1) is 0 Å². The number of carboxylic acids is 1. The molecule has 0 radical (unpaired) electrons. The first-order valence-corrected chi connectivity index (χ1v) is 5.91. The highest BCUT2D eigenvalue weighted by atomic mass is 16.5.